The van der Waals surface area contributed by atoms with Crippen LogP contribution >= 0.6 is 0 Å². The zero-order valence-electron chi connectivity index (χ0n) is 11.0. The summed E-state index contributed by atoms with van der Waals surface area (Å²) in [6.45, 7) is 9.41. The van der Waals surface area contributed by atoms with E-state index in [4.69, 9.17) is 0 Å². The Morgan fingerprint density at radius 1 is 1.31 bits per heavy atom. The van der Waals surface area contributed by atoms with E-state index in [2.05, 4.69) is 27.7 Å². The number of aliphatic hydroxyl groups excluding tert-OH is 1. The minimum atomic E-state index is -0.0644. The van der Waals surface area contributed by atoms with Gasteiger partial charge in [-0.1, -0.05) is 31.9 Å². The van der Waals surface area contributed by atoms with Crippen molar-refractivity contribution in [1.29, 1.82) is 0 Å². The van der Waals surface area contributed by atoms with Gasteiger partial charge in [0.05, 0.1) is 6.10 Å². The molecule has 16 heavy (non-hydrogen) atoms. The van der Waals surface area contributed by atoms with Gasteiger partial charge < -0.3 is 5.11 Å². The Kier molecular flexibility index (Phi) is 1.98. The van der Waals surface area contributed by atoms with Gasteiger partial charge in [0.1, 0.15) is 0 Å². The van der Waals surface area contributed by atoms with Crippen molar-refractivity contribution in [1.82, 2.24) is 0 Å². The van der Waals surface area contributed by atoms with Gasteiger partial charge in [-0.2, -0.15) is 0 Å². The zero-order valence-corrected chi connectivity index (χ0v) is 11.0. The number of aliphatic hydroxyl groups is 1. The lowest BCUT2D eigenvalue weighted by Gasteiger charge is -2.35. The molecule has 2 fully saturated rings. The highest BCUT2D eigenvalue weighted by atomic mass is 16.3. The van der Waals surface area contributed by atoms with Crippen molar-refractivity contribution in [3.05, 3.63) is 11.1 Å². The van der Waals surface area contributed by atoms with Crippen LogP contribution in [0.2, 0.25) is 0 Å². The topological polar surface area (TPSA) is 20.2 Å². The third-order valence-electron chi connectivity index (χ3n) is 6.06. The SMILES string of the molecule is CC1=C2CC(C)(C)[C@@H]3C[C@H](O)[C@H](C)[C@]23CC1. The minimum Gasteiger partial charge on any atom is -0.393 e. The van der Waals surface area contributed by atoms with Gasteiger partial charge in [-0.25, -0.2) is 0 Å². The average molecular weight is 220 g/mol. The van der Waals surface area contributed by atoms with Crippen molar-refractivity contribution >= 4 is 0 Å². The largest absolute Gasteiger partial charge is 0.393 e. The molecular formula is C15H24O. The second-order valence-electron chi connectivity index (χ2n) is 7.11. The summed E-state index contributed by atoms with van der Waals surface area (Å²) in [7, 11) is 0. The van der Waals surface area contributed by atoms with Gasteiger partial charge in [-0.3, -0.25) is 0 Å². The fourth-order valence-corrected chi connectivity index (χ4v) is 5.21. The smallest absolute Gasteiger partial charge is 0.0577 e. The van der Waals surface area contributed by atoms with Crippen LogP contribution in [0.1, 0.15) is 53.4 Å². The summed E-state index contributed by atoms with van der Waals surface area (Å²) in [4.78, 5) is 0. The van der Waals surface area contributed by atoms with Gasteiger partial charge in [0, 0.05) is 5.41 Å². The van der Waals surface area contributed by atoms with Crippen LogP contribution in [0.25, 0.3) is 0 Å². The van der Waals surface area contributed by atoms with Crippen LogP contribution in [-0.4, -0.2) is 11.2 Å². The molecule has 3 aliphatic carbocycles. The third-order valence-corrected chi connectivity index (χ3v) is 6.06. The molecule has 1 heteroatoms. The first-order valence-corrected chi connectivity index (χ1v) is 6.77. The molecule has 3 rings (SSSR count). The van der Waals surface area contributed by atoms with Gasteiger partial charge in [0.15, 0.2) is 0 Å². The molecule has 3 aliphatic rings. The monoisotopic (exact) mass is 220 g/mol. The Morgan fingerprint density at radius 3 is 2.69 bits per heavy atom. The lowest BCUT2D eigenvalue weighted by atomic mass is 9.68. The standard InChI is InChI=1S/C15H24O/c1-9-5-6-15-10(2)12(16)7-13(15)14(3,4)8-11(9)15/h10,12-13,16H,5-8H2,1-4H3/t10-,12-,13-,15+/m0/s1. The molecule has 1 N–H and O–H groups in total. The highest BCUT2D eigenvalue weighted by molar-refractivity contribution is 5.38. The Morgan fingerprint density at radius 2 is 2.00 bits per heavy atom. The molecule has 0 heterocycles. The minimum absolute atomic E-state index is 0.0644. The molecule has 0 unspecified atom stereocenters. The van der Waals surface area contributed by atoms with E-state index in [-0.39, 0.29) is 6.10 Å². The number of hydrogen-bond acceptors (Lipinski definition) is 1. The summed E-state index contributed by atoms with van der Waals surface area (Å²) in [6.07, 6.45) is 4.83. The van der Waals surface area contributed by atoms with Crippen LogP contribution in [0.4, 0.5) is 0 Å². The van der Waals surface area contributed by atoms with Crippen LogP contribution in [0, 0.1) is 22.7 Å². The van der Waals surface area contributed by atoms with Crippen LogP contribution in [-0.2, 0) is 0 Å². The predicted molar refractivity (Wildman–Crippen MR) is 66.0 cm³/mol. The summed E-state index contributed by atoms with van der Waals surface area (Å²) in [5.74, 6) is 1.20. The van der Waals surface area contributed by atoms with E-state index in [0.29, 0.717) is 16.7 Å². The molecule has 0 bridgehead atoms. The van der Waals surface area contributed by atoms with Crippen molar-refractivity contribution < 1.29 is 5.11 Å². The van der Waals surface area contributed by atoms with Crippen molar-refractivity contribution in [3.8, 4) is 0 Å². The summed E-state index contributed by atoms with van der Waals surface area (Å²) >= 11 is 0. The molecule has 4 atom stereocenters. The number of hydrogen-bond donors (Lipinski definition) is 1. The van der Waals surface area contributed by atoms with Gasteiger partial charge in [0.2, 0.25) is 0 Å². The highest BCUT2D eigenvalue weighted by Crippen LogP contribution is 2.71. The van der Waals surface area contributed by atoms with E-state index >= 15 is 0 Å². The molecule has 0 aromatic heterocycles. The number of rotatable bonds is 0. The molecule has 0 aromatic carbocycles. The molecular weight excluding hydrogens is 196 g/mol. The Hall–Kier alpha value is -0.300. The molecule has 90 valence electrons. The normalized spacial score (nSPS) is 49.7. The summed E-state index contributed by atoms with van der Waals surface area (Å²) in [5, 5.41) is 10.2. The van der Waals surface area contributed by atoms with Crippen LogP contribution in [0.5, 0.6) is 0 Å². The quantitative estimate of drug-likeness (QED) is 0.619. The summed E-state index contributed by atoms with van der Waals surface area (Å²) in [5.41, 5.74) is 4.15. The first-order chi connectivity index (χ1) is 7.39. The van der Waals surface area contributed by atoms with Crippen LogP contribution in [0.3, 0.4) is 0 Å². The van der Waals surface area contributed by atoms with E-state index in [1.807, 2.05) is 0 Å². The van der Waals surface area contributed by atoms with Gasteiger partial charge in [0.25, 0.3) is 0 Å². The molecule has 0 saturated heterocycles. The van der Waals surface area contributed by atoms with Crippen LogP contribution < -0.4 is 0 Å². The van der Waals surface area contributed by atoms with E-state index in [1.54, 1.807) is 11.1 Å². The molecule has 2 saturated carbocycles. The van der Waals surface area contributed by atoms with Gasteiger partial charge >= 0.3 is 0 Å². The second-order valence-corrected chi connectivity index (χ2v) is 7.11. The van der Waals surface area contributed by atoms with Crippen molar-refractivity contribution in [2.24, 2.45) is 22.7 Å². The summed E-state index contributed by atoms with van der Waals surface area (Å²) in [6, 6.07) is 0. The van der Waals surface area contributed by atoms with Crippen molar-refractivity contribution in [3.63, 3.8) is 0 Å². The highest BCUT2D eigenvalue weighted by Gasteiger charge is 2.64. The lowest BCUT2D eigenvalue weighted by Crippen LogP contribution is -2.31. The molecule has 1 spiro atoms. The maximum Gasteiger partial charge on any atom is 0.0577 e. The summed E-state index contributed by atoms with van der Waals surface area (Å²) < 4.78 is 0. The third kappa shape index (κ3) is 1.01. The van der Waals surface area contributed by atoms with E-state index in [0.717, 1.165) is 12.3 Å². The lowest BCUT2D eigenvalue weighted by molar-refractivity contribution is 0.102. The van der Waals surface area contributed by atoms with Gasteiger partial charge in [-0.05, 0) is 49.9 Å². The molecule has 0 aliphatic heterocycles. The Balaban J connectivity index is 2.15. The Bertz CT molecular complexity index is 366. The maximum atomic E-state index is 10.2. The van der Waals surface area contributed by atoms with E-state index in [1.165, 1.54) is 19.3 Å². The number of allylic oxidation sites excluding steroid dienone is 2. The molecule has 0 amide bonds. The fraction of sp³-hybridized carbons (Fsp3) is 0.867. The van der Waals surface area contributed by atoms with E-state index in [9.17, 15) is 5.11 Å². The van der Waals surface area contributed by atoms with Crippen LogP contribution in [0.15, 0.2) is 11.1 Å². The molecule has 0 aromatic rings. The molecule has 1 nitrogen and oxygen atoms in total. The average Bonchev–Trinajstić information content (AvgIpc) is 2.72. The predicted octanol–water partition coefficient (Wildman–Crippen LogP) is 3.53. The van der Waals surface area contributed by atoms with Crippen molar-refractivity contribution in [2.45, 2.75) is 59.5 Å². The first kappa shape index (κ1) is 10.8. The second kappa shape index (κ2) is 2.93. The van der Waals surface area contributed by atoms with Crippen molar-refractivity contribution in [2.75, 3.05) is 0 Å². The Labute approximate surface area is 98.9 Å². The molecule has 0 radical (unpaired) electrons. The maximum absolute atomic E-state index is 10.2. The first-order valence-electron chi connectivity index (χ1n) is 6.77. The van der Waals surface area contributed by atoms with Gasteiger partial charge in [-0.15, -0.1) is 0 Å². The van der Waals surface area contributed by atoms with E-state index < -0.39 is 0 Å². The zero-order chi connectivity index (χ0) is 11.7. The fourth-order valence-electron chi connectivity index (χ4n) is 5.21.